The Kier molecular flexibility index (Phi) is 3.08. The molecule has 0 saturated heterocycles. The molecule has 4 atom stereocenters. The Labute approximate surface area is 151 Å². The molecule has 0 bridgehead atoms. The van der Waals surface area contributed by atoms with Crippen LogP contribution in [-0.4, -0.2) is 12.4 Å². The summed E-state index contributed by atoms with van der Waals surface area (Å²) < 4.78 is 17.9. The molecule has 136 valence electrons. The first kappa shape index (κ1) is 15.8. The van der Waals surface area contributed by atoms with E-state index in [9.17, 15) is 0 Å². The molecule has 4 aliphatic rings. The third-order valence-corrected chi connectivity index (χ3v) is 8.06. The van der Waals surface area contributed by atoms with Gasteiger partial charge in [0.15, 0.2) is 11.5 Å². The second-order valence-electron chi connectivity index (χ2n) is 9.92. The minimum Gasteiger partial charge on any atom is -0.487 e. The fraction of sp³-hybridized carbons (Fsp3) is 0.727. The Hall–Kier alpha value is -1.38. The highest BCUT2D eigenvalue weighted by Gasteiger charge is 2.60. The summed E-state index contributed by atoms with van der Waals surface area (Å²) >= 11 is 0. The van der Waals surface area contributed by atoms with Gasteiger partial charge < -0.3 is 14.2 Å². The molecule has 0 aromatic heterocycles. The molecule has 2 heterocycles. The lowest BCUT2D eigenvalue weighted by atomic mass is 9.44. The minimum absolute atomic E-state index is 0.0562. The van der Waals surface area contributed by atoms with Gasteiger partial charge in [-0.2, -0.15) is 0 Å². The van der Waals surface area contributed by atoms with E-state index in [1.807, 2.05) is 0 Å². The number of benzene rings is 1. The van der Waals surface area contributed by atoms with Crippen molar-refractivity contribution in [3.05, 3.63) is 17.7 Å². The molecule has 3 heteroatoms. The summed E-state index contributed by atoms with van der Waals surface area (Å²) in [5, 5.41) is 0. The van der Waals surface area contributed by atoms with Crippen LogP contribution in [0.15, 0.2) is 12.1 Å². The highest BCUT2D eigenvalue weighted by atomic mass is 16.7. The van der Waals surface area contributed by atoms with Crippen LogP contribution in [0.3, 0.4) is 0 Å². The highest BCUT2D eigenvalue weighted by Crippen LogP contribution is 2.64. The van der Waals surface area contributed by atoms with Crippen molar-refractivity contribution in [2.24, 2.45) is 22.7 Å². The van der Waals surface area contributed by atoms with Crippen LogP contribution in [-0.2, 0) is 6.42 Å². The number of hydrogen-bond acceptors (Lipinski definition) is 3. The summed E-state index contributed by atoms with van der Waals surface area (Å²) in [6.07, 6.45) is 7.61. The van der Waals surface area contributed by atoms with Gasteiger partial charge in [-0.1, -0.05) is 27.2 Å². The summed E-state index contributed by atoms with van der Waals surface area (Å²) in [5.41, 5.74) is 2.06. The minimum atomic E-state index is -0.0562. The van der Waals surface area contributed by atoms with E-state index in [-0.39, 0.29) is 5.60 Å². The molecule has 0 unspecified atom stereocenters. The first-order chi connectivity index (χ1) is 11.8. The van der Waals surface area contributed by atoms with E-state index >= 15 is 0 Å². The van der Waals surface area contributed by atoms with Gasteiger partial charge in [0, 0.05) is 12.0 Å². The van der Waals surface area contributed by atoms with E-state index in [0.717, 1.165) is 36.0 Å². The zero-order valence-electron chi connectivity index (χ0n) is 16.0. The summed E-state index contributed by atoms with van der Waals surface area (Å²) in [5.74, 6) is 4.10. The number of rotatable bonds is 0. The van der Waals surface area contributed by atoms with Crippen molar-refractivity contribution in [1.82, 2.24) is 0 Å². The maximum atomic E-state index is 6.70. The summed E-state index contributed by atoms with van der Waals surface area (Å²) in [6, 6.07) is 4.22. The Bertz CT molecular complexity index is 724. The van der Waals surface area contributed by atoms with E-state index in [4.69, 9.17) is 14.2 Å². The third kappa shape index (κ3) is 2.10. The first-order valence-corrected chi connectivity index (χ1v) is 9.93. The molecule has 2 saturated carbocycles. The largest absolute Gasteiger partial charge is 0.487 e. The quantitative estimate of drug-likeness (QED) is 0.636. The molecule has 0 amide bonds. The van der Waals surface area contributed by atoms with Gasteiger partial charge in [-0.3, -0.25) is 0 Å². The zero-order chi connectivity index (χ0) is 17.4. The predicted octanol–water partition coefficient (Wildman–Crippen LogP) is 5.35. The van der Waals surface area contributed by atoms with Crippen molar-refractivity contribution in [3.8, 4) is 17.2 Å². The topological polar surface area (TPSA) is 27.7 Å². The van der Waals surface area contributed by atoms with Crippen molar-refractivity contribution in [2.75, 3.05) is 6.79 Å². The van der Waals surface area contributed by atoms with Crippen LogP contribution in [0.5, 0.6) is 17.2 Å². The van der Waals surface area contributed by atoms with Crippen LogP contribution in [0.1, 0.15) is 65.4 Å². The van der Waals surface area contributed by atoms with Crippen LogP contribution < -0.4 is 14.2 Å². The standard InChI is InChI=1S/C22H30O3/c1-20(2)7-5-8-21(3)18(20)6-9-22(4)19(21)11-14-10-16-17(24-13-23-16)12-15(14)25-22/h10,12,18-19H,5-9,11,13H2,1-4H3/t18-,19+,21-,22-/m0/s1. The Morgan fingerprint density at radius 1 is 0.880 bits per heavy atom. The van der Waals surface area contributed by atoms with Crippen LogP contribution in [0, 0.1) is 22.7 Å². The summed E-state index contributed by atoms with van der Waals surface area (Å²) in [6.45, 7) is 10.2. The molecule has 2 aliphatic carbocycles. The van der Waals surface area contributed by atoms with Gasteiger partial charge in [0.2, 0.25) is 6.79 Å². The van der Waals surface area contributed by atoms with Gasteiger partial charge in [-0.05, 0) is 67.4 Å². The highest BCUT2D eigenvalue weighted by molar-refractivity contribution is 5.53. The van der Waals surface area contributed by atoms with Crippen LogP contribution in [0.4, 0.5) is 0 Å². The van der Waals surface area contributed by atoms with Gasteiger partial charge >= 0.3 is 0 Å². The third-order valence-electron chi connectivity index (χ3n) is 8.06. The molecule has 5 rings (SSSR count). The lowest BCUT2D eigenvalue weighted by molar-refractivity contribution is -0.162. The molecule has 2 aliphatic heterocycles. The number of ether oxygens (including phenoxy) is 3. The smallest absolute Gasteiger partial charge is 0.231 e. The van der Waals surface area contributed by atoms with E-state index in [2.05, 4.69) is 39.8 Å². The van der Waals surface area contributed by atoms with E-state index in [1.165, 1.54) is 31.2 Å². The van der Waals surface area contributed by atoms with Crippen LogP contribution in [0.25, 0.3) is 0 Å². The van der Waals surface area contributed by atoms with Gasteiger partial charge in [0.1, 0.15) is 11.4 Å². The van der Waals surface area contributed by atoms with Crippen molar-refractivity contribution in [1.29, 1.82) is 0 Å². The van der Waals surface area contributed by atoms with Gasteiger partial charge in [0.25, 0.3) is 0 Å². The molecule has 2 fully saturated rings. The van der Waals surface area contributed by atoms with Crippen molar-refractivity contribution in [3.63, 3.8) is 0 Å². The molecule has 0 spiro atoms. The second kappa shape index (κ2) is 4.86. The molecule has 1 aromatic rings. The predicted molar refractivity (Wildman–Crippen MR) is 97.3 cm³/mol. The SMILES string of the molecule is CC1(C)CCC[C@]2(C)[C@H]3Cc4cc5c(cc4O[C@@]3(C)CC[C@@H]12)OCO5. The van der Waals surface area contributed by atoms with Crippen molar-refractivity contribution in [2.45, 2.75) is 71.8 Å². The Balaban J connectivity index is 1.57. The lowest BCUT2D eigenvalue weighted by Crippen LogP contribution is -2.61. The molecule has 25 heavy (non-hydrogen) atoms. The van der Waals surface area contributed by atoms with Crippen molar-refractivity contribution >= 4 is 0 Å². The lowest BCUT2D eigenvalue weighted by Gasteiger charge is -2.63. The van der Waals surface area contributed by atoms with Crippen LogP contribution >= 0.6 is 0 Å². The maximum Gasteiger partial charge on any atom is 0.231 e. The number of fused-ring (bicyclic) bond motifs is 5. The molecule has 3 nitrogen and oxygen atoms in total. The van der Waals surface area contributed by atoms with Crippen LogP contribution in [0.2, 0.25) is 0 Å². The molecular formula is C22H30O3. The van der Waals surface area contributed by atoms with Gasteiger partial charge in [-0.15, -0.1) is 0 Å². The second-order valence-corrected chi connectivity index (χ2v) is 9.92. The van der Waals surface area contributed by atoms with Gasteiger partial charge in [0.05, 0.1) is 0 Å². The van der Waals surface area contributed by atoms with Gasteiger partial charge in [-0.25, -0.2) is 0 Å². The first-order valence-electron chi connectivity index (χ1n) is 9.93. The monoisotopic (exact) mass is 342 g/mol. The fourth-order valence-electron chi connectivity index (χ4n) is 6.87. The molecule has 1 aromatic carbocycles. The Morgan fingerprint density at radius 3 is 2.44 bits per heavy atom. The molecule has 0 radical (unpaired) electrons. The summed E-state index contributed by atoms with van der Waals surface area (Å²) in [7, 11) is 0. The number of hydrogen-bond donors (Lipinski definition) is 0. The fourth-order valence-corrected chi connectivity index (χ4v) is 6.87. The molecule has 0 N–H and O–H groups in total. The average molecular weight is 342 g/mol. The molecular weight excluding hydrogens is 312 g/mol. The van der Waals surface area contributed by atoms with E-state index < -0.39 is 0 Å². The summed E-state index contributed by atoms with van der Waals surface area (Å²) in [4.78, 5) is 0. The van der Waals surface area contributed by atoms with E-state index in [1.54, 1.807) is 0 Å². The average Bonchev–Trinajstić information content (AvgIpc) is 2.97. The maximum absolute atomic E-state index is 6.70. The normalized spacial score (nSPS) is 40.5. The van der Waals surface area contributed by atoms with Crippen molar-refractivity contribution < 1.29 is 14.2 Å². The zero-order valence-corrected chi connectivity index (χ0v) is 16.0. The van der Waals surface area contributed by atoms with E-state index in [0.29, 0.717) is 23.5 Å². The Morgan fingerprint density at radius 2 is 1.64 bits per heavy atom.